The van der Waals surface area contributed by atoms with Gasteiger partial charge in [0.1, 0.15) is 5.82 Å². The number of ether oxygens (including phenoxy) is 2. The number of phenols is 1. The number of phenolic OH excluding ortho intramolecular Hbond substituents is 1. The summed E-state index contributed by atoms with van der Waals surface area (Å²) in [6.45, 7) is 0. The molecule has 0 radical (unpaired) electrons. The van der Waals surface area contributed by atoms with Crippen LogP contribution in [0.5, 0.6) is 17.2 Å². The van der Waals surface area contributed by atoms with Crippen molar-refractivity contribution in [1.82, 2.24) is 9.13 Å². The lowest BCUT2D eigenvalue weighted by molar-refractivity contribution is 0.103. The lowest BCUT2D eigenvalue weighted by atomic mass is 9.81. The van der Waals surface area contributed by atoms with Crippen molar-refractivity contribution in [2.24, 2.45) is 14.1 Å². The summed E-state index contributed by atoms with van der Waals surface area (Å²) in [7, 11) is 5.77. The monoisotopic (exact) mass is 447 g/mol. The number of nitrogens with one attached hydrogen (secondary N) is 1. The molecule has 33 heavy (non-hydrogen) atoms. The molecule has 3 aromatic rings. The van der Waals surface area contributed by atoms with E-state index in [0.29, 0.717) is 33.8 Å². The number of aromatic nitrogens is 2. The Hall–Kier alpha value is -4.27. The molecule has 2 aliphatic rings. The van der Waals surface area contributed by atoms with Crippen molar-refractivity contribution >= 4 is 17.3 Å². The van der Waals surface area contributed by atoms with Crippen LogP contribution in [0.15, 0.2) is 51.6 Å². The van der Waals surface area contributed by atoms with Crippen LogP contribution in [0.3, 0.4) is 0 Å². The molecule has 0 amide bonds. The number of carbonyl (C=O) groups is 1. The summed E-state index contributed by atoms with van der Waals surface area (Å²) in [5.41, 5.74) is 1.87. The second-order valence-corrected chi connectivity index (χ2v) is 7.96. The van der Waals surface area contributed by atoms with E-state index in [2.05, 4.69) is 5.32 Å². The molecule has 0 fully saturated rings. The van der Waals surface area contributed by atoms with Gasteiger partial charge in [0.15, 0.2) is 17.3 Å². The van der Waals surface area contributed by atoms with Gasteiger partial charge in [0, 0.05) is 36.7 Å². The molecule has 2 aromatic carbocycles. The molecule has 0 spiro atoms. The quantitative estimate of drug-likeness (QED) is 0.631. The van der Waals surface area contributed by atoms with Crippen LogP contribution in [-0.4, -0.2) is 34.2 Å². The average molecular weight is 447 g/mol. The summed E-state index contributed by atoms with van der Waals surface area (Å²) in [6, 6.07) is 10.3. The van der Waals surface area contributed by atoms with Crippen LogP contribution < -0.4 is 26.0 Å². The molecular formula is C24H21N3O6. The first kappa shape index (κ1) is 20.6. The molecule has 9 heteroatoms. The maximum atomic E-state index is 13.6. The SMILES string of the molecule is COc1cc(C2C3=C(Nc4c2c(=O)n(C)c(=O)n4C)c2ccccc2C3=O)cc(OC)c1O. The molecule has 1 unspecified atom stereocenters. The molecule has 1 aliphatic carbocycles. The number of allylic oxidation sites excluding steroid dienone is 1. The van der Waals surface area contributed by atoms with Crippen LogP contribution >= 0.6 is 0 Å². The fourth-order valence-corrected chi connectivity index (χ4v) is 4.67. The van der Waals surface area contributed by atoms with Crippen LogP contribution in [0.1, 0.15) is 33.0 Å². The molecule has 0 saturated carbocycles. The first-order valence-electron chi connectivity index (χ1n) is 10.2. The molecule has 1 atom stereocenters. The van der Waals surface area contributed by atoms with Gasteiger partial charge in [-0.1, -0.05) is 24.3 Å². The van der Waals surface area contributed by atoms with Gasteiger partial charge in [-0.25, -0.2) is 4.79 Å². The predicted molar refractivity (Wildman–Crippen MR) is 121 cm³/mol. The smallest absolute Gasteiger partial charge is 0.332 e. The summed E-state index contributed by atoms with van der Waals surface area (Å²) in [6.07, 6.45) is 0. The number of benzene rings is 2. The van der Waals surface area contributed by atoms with Gasteiger partial charge >= 0.3 is 5.69 Å². The van der Waals surface area contributed by atoms with Gasteiger partial charge in [-0.05, 0) is 17.7 Å². The number of carbonyl (C=O) groups excluding carboxylic acids is 1. The Morgan fingerprint density at radius 3 is 2.15 bits per heavy atom. The summed E-state index contributed by atoms with van der Waals surface area (Å²) >= 11 is 0. The van der Waals surface area contributed by atoms with E-state index in [4.69, 9.17) is 9.47 Å². The van der Waals surface area contributed by atoms with Gasteiger partial charge in [-0.2, -0.15) is 0 Å². The zero-order valence-corrected chi connectivity index (χ0v) is 18.4. The van der Waals surface area contributed by atoms with E-state index in [9.17, 15) is 19.5 Å². The third-order valence-electron chi connectivity index (χ3n) is 6.31. The van der Waals surface area contributed by atoms with Crippen LogP contribution in [0.25, 0.3) is 5.70 Å². The lowest BCUT2D eigenvalue weighted by Gasteiger charge is -2.30. The van der Waals surface area contributed by atoms with E-state index in [0.717, 1.165) is 4.57 Å². The van der Waals surface area contributed by atoms with Gasteiger partial charge in [-0.15, -0.1) is 0 Å². The van der Waals surface area contributed by atoms with Crippen LogP contribution in [0, 0.1) is 0 Å². The number of fused-ring (bicyclic) bond motifs is 3. The molecule has 1 aromatic heterocycles. The second-order valence-electron chi connectivity index (χ2n) is 7.96. The zero-order chi connectivity index (χ0) is 23.6. The van der Waals surface area contributed by atoms with E-state index in [1.165, 1.54) is 25.8 Å². The molecule has 5 rings (SSSR count). The minimum atomic E-state index is -0.829. The molecule has 0 bridgehead atoms. The number of rotatable bonds is 3. The minimum absolute atomic E-state index is 0.135. The molecule has 2 N–H and O–H groups in total. The number of aromatic hydroxyl groups is 1. The molecule has 2 heterocycles. The largest absolute Gasteiger partial charge is 0.502 e. The Kier molecular flexibility index (Phi) is 4.45. The average Bonchev–Trinajstić information content (AvgIpc) is 3.12. The fraction of sp³-hybridized carbons (Fsp3) is 0.208. The van der Waals surface area contributed by atoms with E-state index < -0.39 is 17.2 Å². The highest BCUT2D eigenvalue weighted by Gasteiger charge is 2.43. The van der Waals surface area contributed by atoms with Gasteiger partial charge in [0.05, 0.1) is 25.5 Å². The third kappa shape index (κ3) is 2.68. The number of anilines is 1. The van der Waals surface area contributed by atoms with Gasteiger partial charge in [0.2, 0.25) is 5.75 Å². The minimum Gasteiger partial charge on any atom is -0.502 e. The Morgan fingerprint density at radius 1 is 0.939 bits per heavy atom. The fourth-order valence-electron chi connectivity index (χ4n) is 4.67. The Morgan fingerprint density at radius 2 is 1.55 bits per heavy atom. The van der Waals surface area contributed by atoms with Crippen molar-refractivity contribution in [3.63, 3.8) is 0 Å². The topological polar surface area (TPSA) is 112 Å². The van der Waals surface area contributed by atoms with Crippen LogP contribution in [-0.2, 0) is 14.1 Å². The third-order valence-corrected chi connectivity index (χ3v) is 6.31. The summed E-state index contributed by atoms with van der Waals surface area (Å²) in [5.74, 6) is -0.660. The van der Waals surface area contributed by atoms with Gasteiger partial charge < -0.3 is 19.9 Å². The van der Waals surface area contributed by atoms with Crippen LogP contribution in [0.4, 0.5) is 5.82 Å². The van der Waals surface area contributed by atoms with Crippen molar-refractivity contribution in [2.45, 2.75) is 5.92 Å². The molecule has 0 saturated heterocycles. The highest BCUT2D eigenvalue weighted by Crippen LogP contribution is 2.50. The number of methoxy groups -OCH3 is 2. The van der Waals surface area contributed by atoms with Gasteiger partial charge in [-0.3, -0.25) is 18.7 Å². The van der Waals surface area contributed by atoms with Crippen molar-refractivity contribution < 1.29 is 19.4 Å². The number of nitrogens with zero attached hydrogens (tertiary/aromatic N) is 2. The summed E-state index contributed by atoms with van der Waals surface area (Å²) in [5, 5.41) is 13.6. The van der Waals surface area contributed by atoms with Crippen molar-refractivity contribution in [3.8, 4) is 17.2 Å². The van der Waals surface area contributed by atoms with Crippen molar-refractivity contribution in [3.05, 3.63) is 85.1 Å². The number of Topliss-reactive ketones (excluding diaryl/α,β-unsaturated/α-hetero) is 1. The Labute approximate surface area is 188 Å². The molecule has 1 aliphatic heterocycles. The number of hydrogen-bond donors (Lipinski definition) is 2. The highest BCUT2D eigenvalue weighted by atomic mass is 16.5. The summed E-state index contributed by atoms with van der Waals surface area (Å²) in [4.78, 5) is 39.6. The Balaban J connectivity index is 1.90. The van der Waals surface area contributed by atoms with E-state index in [1.807, 2.05) is 12.1 Å². The molecular weight excluding hydrogens is 426 g/mol. The molecule has 168 valence electrons. The lowest BCUT2D eigenvalue weighted by Crippen LogP contribution is -2.42. The molecule has 9 nitrogen and oxygen atoms in total. The van der Waals surface area contributed by atoms with Crippen LogP contribution in [0.2, 0.25) is 0 Å². The highest BCUT2D eigenvalue weighted by molar-refractivity contribution is 6.23. The standard InChI is InChI=1S/C24H21N3O6/c1-26-22-18(23(30)27(2)24(26)31)16(11-9-14(32-3)21(29)15(10-11)33-4)17-19(25-22)12-7-5-6-8-13(12)20(17)28/h5-10,16,25,29H,1-4H3. The van der Waals surface area contributed by atoms with E-state index >= 15 is 0 Å². The second kappa shape index (κ2) is 7.13. The van der Waals surface area contributed by atoms with Crippen molar-refractivity contribution in [1.29, 1.82) is 0 Å². The number of ketones is 1. The normalized spacial score (nSPS) is 16.1. The van der Waals surface area contributed by atoms with Gasteiger partial charge in [0.25, 0.3) is 5.56 Å². The maximum absolute atomic E-state index is 13.6. The predicted octanol–water partition coefficient (Wildman–Crippen LogP) is 1.97. The zero-order valence-electron chi connectivity index (χ0n) is 18.4. The van der Waals surface area contributed by atoms with E-state index in [1.54, 1.807) is 31.3 Å². The first-order valence-corrected chi connectivity index (χ1v) is 10.2. The first-order chi connectivity index (χ1) is 15.8. The summed E-state index contributed by atoms with van der Waals surface area (Å²) < 4.78 is 13.0. The van der Waals surface area contributed by atoms with E-state index in [-0.39, 0.29) is 28.6 Å². The maximum Gasteiger partial charge on any atom is 0.332 e. The number of hydrogen-bond acceptors (Lipinski definition) is 7. The van der Waals surface area contributed by atoms with Crippen molar-refractivity contribution in [2.75, 3.05) is 19.5 Å². The Bertz CT molecular complexity index is 1490.